The summed E-state index contributed by atoms with van der Waals surface area (Å²) in [5.41, 5.74) is 0.0294. The Morgan fingerprint density at radius 2 is 1.56 bits per heavy atom. The van der Waals surface area contributed by atoms with Crippen LogP contribution in [0.3, 0.4) is 0 Å². The summed E-state index contributed by atoms with van der Waals surface area (Å²) in [5.74, 6) is 0. The van der Waals surface area contributed by atoms with Crippen molar-refractivity contribution in [2.45, 2.75) is 73.0 Å². The Morgan fingerprint density at radius 3 is 2.00 bits per heavy atom. The van der Waals surface area contributed by atoms with Gasteiger partial charge in [0.25, 0.3) is 0 Å². The summed E-state index contributed by atoms with van der Waals surface area (Å²) in [7, 11) is 0. The van der Waals surface area contributed by atoms with Crippen LogP contribution in [-0.4, -0.2) is 24.9 Å². The van der Waals surface area contributed by atoms with Crippen LogP contribution in [0.2, 0.25) is 0 Å². The fraction of sp³-hybridized carbons (Fsp3) is 1.00. The van der Waals surface area contributed by atoms with E-state index in [9.17, 15) is 0 Å². The van der Waals surface area contributed by atoms with Gasteiger partial charge >= 0.3 is 0 Å². The Kier molecular flexibility index (Phi) is 6.57. The summed E-state index contributed by atoms with van der Waals surface area (Å²) in [4.78, 5) is 0. The molecule has 0 fully saturated rings. The summed E-state index contributed by atoms with van der Waals surface area (Å²) in [5, 5.41) is 0. The van der Waals surface area contributed by atoms with Gasteiger partial charge in [-0.25, -0.2) is 0 Å². The van der Waals surface area contributed by atoms with Crippen LogP contribution in [0.15, 0.2) is 0 Å². The van der Waals surface area contributed by atoms with Crippen molar-refractivity contribution in [1.82, 2.24) is 0 Å². The minimum absolute atomic E-state index is 0.0632. The second kappa shape index (κ2) is 6.61. The van der Waals surface area contributed by atoms with E-state index in [1.807, 2.05) is 0 Å². The molecule has 2 heteroatoms. The topological polar surface area (TPSA) is 18.5 Å². The van der Waals surface area contributed by atoms with Crippen molar-refractivity contribution < 1.29 is 9.47 Å². The van der Waals surface area contributed by atoms with Crippen LogP contribution in [0.5, 0.6) is 0 Å². The first-order valence-electron chi connectivity index (χ1n) is 6.42. The van der Waals surface area contributed by atoms with E-state index in [4.69, 9.17) is 9.47 Å². The summed E-state index contributed by atoms with van der Waals surface area (Å²) in [6, 6.07) is 0. The van der Waals surface area contributed by atoms with Gasteiger partial charge in [-0.1, -0.05) is 27.2 Å². The Morgan fingerprint density at radius 1 is 1.00 bits per heavy atom. The third kappa shape index (κ3) is 9.17. The van der Waals surface area contributed by atoms with Gasteiger partial charge in [0, 0.05) is 5.41 Å². The molecule has 0 spiro atoms. The van der Waals surface area contributed by atoms with Gasteiger partial charge in [0.05, 0.1) is 24.9 Å². The van der Waals surface area contributed by atoms with E-state index in [-0.39, 0.29) is 11.0 Å². The highest BCUT2D eigenvalue weighted by molar-refractivity contribution is 4.70. The Hall–Kier alpha value is -0.0800. The lowest BCUT2D eigenvalue weighted by Gasteiger charge is -2.30. The highest BCUT2D eigenvalue weighted by Crippen LogP contribution is 2.21. The molecule has 0 radical (unpaired) electrons. The van der Waals surface area contributed by atoms with Crippen molar-refractivity contribution in [2.75, 3.05) is 13.2 Å². The molecule has 0 rings (SSSR count). The monoisotopic (exact) mass is 230 g/mol. The van der Waals surface area contributed by atoms with Crippen LogP contribution in [0, 0.1) is 5.41 Å². The molecule has 0 saturated carbocycles. The Balaban J connectivity index is 3.86. The maximum atomic E-state index is 5.83. The van der Waals surface area contributed by atoms with Crippen molar-refractivity contribution in [2.24, 2.45) is 5.41 Å². The first-order valence-corrected chi connectivity index (χ1v) is 6.42. The molecule has 0 aliphatic rings. The summed E-state index contributed by atoms with van der Waals surface area (Å²) < 4.78 is 11.6. The molecule has 16 heavy (non-hydrogen) atoms. The summed E-state index contributed by atoms with van der Waals surface area (Å²) in [6.45, 7) is 16.5. The van der Waals surface area contributed by atoms with Crippen molar-refractivity contribution >= 4 is 0 Å². The lowest BCUT2D eigenvalue weighted by Crippen LogP contribution is -2.32. The fourth-order valence-electron chi connectivity index (χ4n) is 1.31. The van der Waals surface area contributed by atoms with Crippen LogP contribution < -0.4 is 0 Å². The number of hydrogen-bond donors (Lipinski definition) is 0. The number of rotatable bonds is 7. The molecular weight excluding hydrogens is 200 g/mol. The minimum atomic E-state index is -0.0632. The van der Waals surface area contributed by atoms with Gasteiger partial charge in [-0.15, -0.1) is 0 Å². The molecule has 0 aromatic carbocycles. The predicted molar refractivity (Wildman–Crippen MR) is 69.8 cm³/mol. The lowest BCUT2D eigenvalue weighted by atomic mass is 9.95. The zero-order valence-electron chi connectivity index (χ0n) is 12.2. The average molecular weight is 230 g/mol. The van der Waals surface area contributed by atoms with E-state index < -0.39 is 0 Å². The van der Waals surface area contributed by atoms with Crippen LogP contribution in [-0.2, 0) is 9.47 Å². The SMILES string of the molecule is CCCC(C)OCC(C)(C)COC(C)(C)C. The molecular formula is C14H30O2. The second-order valence-corrected chi connectivity index (χ2v) is 6.48. The normalized spacial score (nSPS) is 15.2. The van der Waals surface area contributed by atoms with E-state index >= 15 is 0 Å². The zero-order valence-corrected chi connectivity index (χ0v) is 12.2. The molecule has 0 bridgehead atoms. The van der Waals surface area contributed by atoms with E-state index in [1.54, 1.807) is 0 Å². The van der Waals surface area contributed by atoms with Gasteiger partial charge in [0.15, 0.2) is 0 Å². The van der Waals surface area contributed by atoms with Gasteiger partial charge in [-0.05, 0) is 34.1 Å². The smallest absolute Gasteiger partial charge is 0.0598 e. The highest BCUT2D eigenvalue weighted by atomic mass is 16.5. The maximum absolute atomic E-state index is 5.83. The van der Waals surface area contributed by atoms with Crippen LogP contribution >= 0.6 is 0 Å². The second-order valence-electron chi connectivity index (χ2n) is 6.48. The van der Waals surface area contributed by atoms with Crippen molar-refractivity contribution in [3.05, 3.63) is 0 Å². The average Bonchev–Trinajstić information content (AvgIpc) is 2.12. The Bertz CT molecular complexity index is 180. The molecule has 1 atom stereocenters. The lowest BCUT2D eigenvalue weighted by molar-refractivity contribution is -0.0775. The van der Waals surface area contributed by atoms with Gasteiger partial charge in [-0.2, -0.15) is 0 Å². The van der Waals surface area contributed by atoms with Gasteiger partial charge < -0.3 is 9.47 Å². The molecule has 0 saturated heterocycles. The standard InChI is InChI=1S/C14H30O2/c1-8-9-12(2)15-10-14(6,7)11-16-13(3,4)5/h12H,8-11H2,1-7H3. The van der Waals surface area contributed by atoms with E-state index in [2.05, 4.69) is 48.5 Å². The third-order valence-corrected chi connectivity index (χ3v) is 2.35. The van der Waals surface area contributed by atoms with Crippen LogP contribution in [0.4, 0.5) is 0 Å². The molecule has 0 aromatic heterocycles. The maximum Gasteiger partial charge on any atom is 0.0598 e. The van der Waals surface area contributed by atoms with Gasteiger partial charge in [-0.3, -0.25) is 0 Å². The molecule has 0 aliphatic carbocycles. The van der Waals surface area contributed by atoms with Crippen molar-refractivity contribution in [1.29, 1.82) is 0 Å². The third-order valence-electron chi connectivity index (χ3n) is 2.35. The molecule has 0 aromatic rings. The predicted octanol–water partition coefficient (Wildman–Crippen LogP) is 4.03. The molecule has 0 amide bonds. The zero-order chi connectivity index (χ0) is 12.8. The fourth-order valence-corrected chi connectivity index (χ4v) is 1.31. The Labute approximate surface area is 102 Å². The summed E-state index contributed by atoms with van der Waals surface area (Å²) in [6.07, 6.45) is 2.68. The molecule has 2 nitrogen and oxygen atoms in total. The molecule has 98 valence electrons. The number of hydrogen-bond acceptors (Lipinski definition) is 2. The largest absolute Gasteiger partial charge is 0.378 e. The van der Waals surface area contributed by atoms with Crippen LogP contribution in [0.1, 0.15) is 61.3 Å². The van der Waals surface area contributed by atoms with Gasteiger partial charge in [0.2, 0.25) is 0 Å². The van der Waals surface area contributed by atoms with E-state index in [0.717, 1.165) is 19.6 Å². The van der Waals surface area contributed by atoms with Crippen LogP contribution in [0.25, 0.3) is 0 Å². The number of ether oxygens (including phenoxy) is 2. The van der Waals surface area contributed by atoms with Crippen molar-refractivity contribution in [3.63, 3.8) is 0 Å². The molecule has 1 unspecified atom stereocenters. The first kappa shape index (κ1) is 15.9. The molecule has 0 aliphatic heterocycles. The van der Waals surface area contributed by atoms with E-state index in [1.165, 1.54) is 6.42 Å². The highest BCUT2D eigenvalue weighted by Gasteiger charge is 2.23. The van der Waals surface area contributed by atoms with Gasteiger partial charge in [0.1, 0.15) is 0 Å². The van der Waals surface area contributed by atoms with Crippen molar-refractivity contribution in [3.8, 4) is 0 Å². The minimum Gasteiger partial charge on any atom is -0.378 e. The quantitative estimate of drug-likeness (QED) is 0.657. The molecule has 0 N–H and O–H groups in total. The summed E-state index contributed by atoms with van der Waals surface area (Å²) >= 11 is 0. The molecule has 0 heterocycles. The van der Waals surface area contributed by atoms with E-state index in [0.29, 0.717) is 6.10 Å². The first-order chi connectivity index (χ1) is 7.16.